The Labute approximate surface area is 143 Å². The fourth-order valence-corrected chi connectivity index (χ4v) is 2.96. The van der Waals surface area contributed by atoms with Gasteiger partial charge in [0.25, 0.3) is 0 Å². The Bertz CT molecular complexity index is 784. The SMILES string of the molecule is CCOC(=O)CCC1Oc2ccc(C(F)(F)F)cc2-c2ccccc21. The molecule has 0 saturated heterocycles. The van der Waals surface area contributed by atoms with Crippen molar-refractivity contribution in [1.82, 2.24) is 0 Å². The van der Waals surface area contributed by atoms with E-state index in [1.54, 1.807) is 25.1 Å². The van der Waals surface area contributed by atoms with Crippen molar-refractivity contribution in [2.24, 2.45) is 0 Å². The molecule has 0 bridgehead atoms. The summed E-state index contributed by atoms with van der Waals surface area (Å²) < 4.78 is 49.8. The van der Waals surface area contributed by atoms with E-state index < -0.39 is 17.8 Å². The molecule has 2 aromatic carbocycles. The van der Waals surface area contributed by atoms with Crippen LogP contribution in [0.2, 0.25) is 0 Å². The lowest BCUT2D eigenvalue weighted by Gasteiger charge is -2.29. The Balaban J connectivity index is 1.93. The Morgan fingerprint density at radius 3 is 2.64 bits per heavy atom. The van der Waals surface area contributed by atoms with Gasteiger partial charge in [0.15, 0.2) is 0 Å². The number of hydrogen-bond donors (Lipinski definition) is 0. The van der Waals surface area contributed by atoms with Gasteiger partial charge in [-0.3, -0.25) is 4.79 Å². The summed E-state index contributed by atoms with van der Waals surface area (Å²) in [5.74, 6) is 0.0716. The highest BCUT2D eigenvalue weighted by Gasteiger charge is 2.33. The highest BCUT2D eigenvalue weighted by Crippen LogP contribution is 2.45. The van der Waals surface area contributed by atoms with Crippen LogP contribution >= 0.6 is 0 Å². The van der Waals surface area contributed by atoms with Gasteiger partial charge in [0, 0.05) is 17.5 Å². The van der Waals surface area contributed by atoms with Gasteiger partial charge in [-0.1, -0.05) is 24.3 Å². The van der Waals surface area contributed by atoms with Gasteiger partial charge in [-0.15, -0.1) is 0 Å². The lowest BCUT2D eigenvalue weighted by atomic mass is 9.90. The Morgan fingerprint density at radius 2 is 1.92 bits per heavy atom. The van der Waals surface area contributed by atoms with Crippen LogP contribution in [0.1, 0.15) is 37.0 Å². The van der Waals surface area contributed by atoms with Crippen LogP contribution in [0, 0.1) is 0 Å². The van der Waals surface area contributed by atoms with E-state index in [9.17, 15) is 18.0 Å². The van der Waals surface area contributed by atoms with Gasteiger partial charge in [0.05, 0.1) is 12.2 Å². The highest BCUT2D eigenvalue weighted by atomic mass is 19.4. The molecule has 132 valence electrons. The van der Waals surface area contributed by atoms with E-state index in [0.29, 0.717) is 29.9 Å². The van der Waals surface area contributed by atoms with E-state index in [2.05, 4.69) is 0 Å². The summed E-state index contributed by atoms with van der Waals surface area (Å²) in [6.07, 6.45) is -4.23. The third-order valence-corrected chi connectivity index (χ3v) is 4.09. The number of ether oxygens (including phenoxy) is 2. The second-order valence-corrected chi connectivity index (χ2v) is 5.75. The van der Waals surface area contributed by atoms with Gasteiger partial charge in [0.1, 0.15) is 11.9 Å². The summed E-state index contributed by atoms with van der Waals surface area (Å²) in [4.78, 5) is 11.6. The topological polar surface area (TPSA) is 35.5 Å². The highest BCUT2D eigenvalue weighted by molar-refractivity contribution is 5.77. The molecule has 1 unspecified atom stereocenters. The Kier molecular flexibility index (Phi) is 4.70. The standard InChI is InChI=1S/C19H17F3O3/c1-2-24-18(23)10-9-16-14-6-4-3-5-13(14)15-11-12(19(20,21)22)7-8-17(15)25-16/h3-8,11,16H,2,9-10H2,1H3. The zero-order valence-electron chi connectivity index (χ0n) is 13.6. The summed E-state index contributed by atoms with van der Waals surface area (Å²) in [6.45, 7) is 2.04. The van der Waals surface area contributed by atoms with Crippen LogP contribution in [-0.4, -0.2) is 12.6 Å². The monoisotopic (exact) mass is 350 g/mol. The third-order valence-electron chi connectivity index (χ3n) is 4.09. The van der Waals surface area contributed by atoms with E-state index in [1.807, 2.05) is 6.07 Å². The number of carbonyl (C=O) groups excluding carboxylic acids is 1. The largest absolute Gasteiger partial charge is 0.485 e. The molecule has 0 radical (unpaired) electrons. The van der Waals surface area contributed by atoms with Crippen molar-refractivity contribution >= 4 is 5.97 Å². The van der Waals surface area contributed by atoms with E-state index in [-0.39, 0.29) is 12.4 Å². The Morgan fingerprint density at radius 1 is 1.16 bits per heavy atom. The normalized spacial score (nSPS) is 15.8. The second-order valence-electron chi connectivity index (χ2n) is 5.75. The molecule has 1 aliphatic rings. The second kappa shape index (κ2) is 6.78. The summed E-state index contributed by atoms with van der Waals surface area (Å²) in [5, 5.41) is 0. The van der Waals surface area contributed by atoms with Gasteiger partial charge in [-0.2, -0.15) is 13.2 Å². The number of halogens is 3. The van der Waals surface area contributed by atoms with Crippen molar-refractivity contribution in [3.05, 3.63) is 53.6 Å². The summed E-state index contributed by atoms with van der Waals surface area (Å²) in [5.41, 5.74) is 1.18. The molecule has 0 fully saturated rings. The van der Waals surface area contributed by atoms with Crippen LogP contribution in [-0.2, 0) is 15.7 Å². The first-order valence-corrected chi connectivity index (χ1v) is 8.03. The maximum Gasteiger partial charge on any atom is 0.416 e. The first-order valence-electron chi connectivity index (χ1n) is 8.03. The van der Waals surface area contributed by atoms with Crippen LogP contribution in [0.5, 0.6) is 5.75 Å². The molecule has 0 amide bonds. The fourth-order valence-electron chi connectivity index (χ4n) is 2.96. The number of alkyl halides is 3. The molecule has 0 saturated carbocycles. The van der Waals surface area contributed by atoms with Crippen LogP contribution in [0.4, 0.5) is 13.2 Å². The molecule has 1 aliphatic heterocycles. The molecule has 0 aliphatic carbocycles. The predicted octanol–water partition coefficient (Wildman–Crippen LogP) is 5.15. The number of esters is 1. The minimum absolute atomic E-state index is 0.183. The average Bonchev–Trinajstić information content (AvgIpc) is 2.58. The number of carbonyl (C=O) groups is 1. The third kappa shape index (κ3) is 3.62. The van der Waals surface area contributed by atoms with E-state index >= 15 is 0 Å². The lowest BCUT2D eigenvalue weighted by Crippen LogP contribution is -2.17. The predicted molar refractivity (Wildman–Crippen MR) is 86.1 cm³/mol. The molecule has 1 heterocycles. The number of fused-ring (bicyclic) bond motifs is 3. The first kappa shape index (κ1) is 17.3. The molecular weight excluding hydrogens is 333 g/mol. The smallest absolute Gasteiger partial charge is 0.416 e. The quantitative estimate of drug-likeness (QED) is 0.716. The van der Waals surface area contributed by atoms with Gasteiger partial charge in [-0.05, 0) is 37.1 Å². The first-order chi connectivity index (χ1) is 11.9. The van der Waals surface area contributed by atoms with Crippen LogP contribution in [0.15, 0.2) is 42.5 Å². The summed E-state index contributed by atoms with van der Waals surface area (Å²) in [6, 6.07) is 10.6. The number of rotatable bonds is 4. The maximum atomic E-state index is 13.0. The van der Waals surface area contributed by atoms with Crippen molar-refractivity contribution in [2.45, 2.75) is 32.0 Å². The van der Waals surface area contributed by atoms with Gasteiger partial charge in [0.2, 0.25) is 0 Å². The average molecular weight is 350 g/mol. The Hall–Kier alpha value is -2.50. The van der Waals surface area contributed by atoms with Crippen molar-refractivity contribution < 1.29 is 27.4 Å². The number of benzene rings is 2. The molecule has 0 N–H and O–H groups in total. The molecule has 6 heteroatoms. The van der Waals surface area contributed by atoms with Gasteiger partial charge in [-0.25, -0.2) is 0 Å². The van der Waals surface area contributed by atoms with Gasteiger partial charge < -0.3 is 9.47 Å². The zero-order chi connectivity index (χ0) is 18.0. The minimum atomic E-state index is -4.41. The van der Waals surface area contributed by atoms with Crippen molar-refractivity contribution in [3.8, 4) is 16.9 Å². The van der Waals surface area contributed by atoms with Gasteiger partial charge >= 0.3 is 12.1 Å². The molecule has 25 heavy (non-hydrogen) atoms. The fraction of sp³-hybridized carbons (Fsp3) is 0.316. The lowest BCUT2D eigenvalue weighted by molar-refractivity contribution is -0.143. The number of hydrogen-bond acceptors (Lipinski definition) is 3. The molecule has 0 spiro atoms. The molecule has 1 atom stereocenters. The zero-order valence-corrected chi connectivity index (χ0v) is 13.6. The van der Waals surface area contributed by atoms with E-state index in [1.165, 1.54) is 6.07 Å². The molecule has 3 nitrogen and oxygen atoms in total. The van der Waals surface area contributed by atoms with E-state index in [0.717, 1.165) is 17.7 Å². The van der Waals surface area contributed by atoms with Crippen LogP contribution < -0.4 is 4.74 Å². The summed E-state index contributed by atoms with van der Waals surface area (Å²) in [7, 11) is 0. The van der Waals surface area contributed by atoms with Crippen molar-refractivity contribution in [1.29, 1.82) is 0 Å². The maximum absolute atomic E-state index is 13.0. The summed E-state index contributed by atoms with van der Waals surface area (Å²) >= 11 is 0. The van der Waals surface area contributed by atoms with Crippen molar-refractivity contribution in [3.63, 3.8) is 0 Å². The molecular formula is C19H17F3O3. The minimum Gasteiger partial charge on any atom is -0.485 e. The van der Waals surface area contributed by atoms with Crippen molar-refractivity contribution in [2.75, 3.05) is 6.61 Å². The molecule has 3 rings (SSSR count). The van der Waals surface area contributed by atoms with E-state index in [4.69, 9.17) is 9.47 Å². The molecule has 2 aromatic rings. The van der Waals surface area contributed by atoms with Crippen LogP contribution in [0.3, 0.4) is 0 Å². The molecule has 0 aromatic heterocycles. The van der Waals surface area contributed by atoms with Crippen LogP contribution in [0.25, 0.3) is 11.1 Å².